The molecule has 0 atom stereocenters. The molecule has 113 heavy (non-hydrogen) atoms. The lowest BCUT2D eigenvalue weighted by Gasteiger charge is -2.08. The highest BCUT2D eigenvalue weighted by Crippen LogP contribution is 2.28. The van der Waals surface area contributed by atoms with Gasteiger partial charge in [0.05, 0.1) is 33.5 Å². The number of aromatic amines is 1. The number of rotatable bonds is 9. The van der Waals surface area contributed by atoms with E-state index in [2.05, 4.69) is 374 Å². The molecule has 11 heteroatoms. The molecule has 0 aliphatic heterocycles. The van der Waals surface area contributed by atoms with Gasteiger partial charge >= 0.3 is 0 Å². The van der Waals surface area contributed by atoms with E-state index in [-0.39, 0.29) is 0 Å². The van der Waals surface area contributed by atoms with Crippen LogP contribution in [-0.2, 0) is 0 Å². The van der Waals surface area contributed by atoms with Crippen molar-refractivity contribution >= 4 is 82.2 Å². The first-order valence-corrected chi connectivity index (χ1v) is 40.2. The molecule has 0 aliphatic carbocycles. The average Bonchev–Trinajstić information content (AvgIpc) is 0.970. The van der Waals surface area contributed by atoms with Crippen LogP contribution in [0, 0.1) is 0 Å². The van der Waals surface area contributed by atoms with E-state index >= 15 is 0 Å². The Morgan fingerprint density at radius 3 is 1.47 bits per heavy atom. The number of imidazole rings is 2. The van der Waals surface area contributed by atoms with Crippen LogP contribution in [0.2, 0.25) is 0 Å². The molecular formula is C102H115N11. The quantitative estimate of drug-likeness (QED) is 0.153. The minimum atomic E-state index is 0.465. The first kappa shape index (κ1) is 83.5. The summed E-state index contributed by atoms with van der Waals surface area (Å²) in [7, 11) is 0. The summed E-state index contributed by atoms with van der Waals surface area (Å²) >= 11 is 0. The van der Waals surface area contributed by atoms with Gasteiger partial charge in [-0.15, -0.1) is 0 Å². The van der Waals surface area contributed by atoms with Crippen molar-refractivity contribution in [2.75, 3.05) is 0 Å². The second-order valence-corrected chi connectivity index (χ2v) is 31.5. The Kier molecular flexibility index (Phi) is 30.2. The number of nitrogens with zero attached hydrogens (tertiary/aromatic N) is 10. The van der Waals surface area contributed by atoms with Crippen LogP contribution in [0.3, 0.4) is 0 Å². The third-order valence-electron chi connectivity index (χ3n) is 19.7. The van der Waals surface area contributed by atoms with Gasteiger partial charge in [-0.05, 0) is 194 Å². The Bertz CT molecular complexity index is 5190. The molecule has 18 rings (SSSR count). The zero-order valence-corrected chi connectivity index (χ0v) is 69.6. The van der Waals surface area contributed by atoms with Crippen LogP contribution in [0.5, 0.6) is 0 Å². The van der Waals surface area contributed by atoms with Crippen molar-refractivity contribution < 1.29 is 0 Å². The fraction of sp³-hybridized carbons (Fsp3) is 0.265. The van der Waals surface area contributed by atoms with Crippen LogP contribution in [0.4, 0.5) is 0 Å². The van der Waals surface area contributed by atoms with Crippen LogP contribution < -0.4 is 0 Å². The molecule has 11 aromatic heterocycles. The smallest absolute Gasteiger partial charge is 0.233 e. The minimum Gasteiger partial charge on any atom is -0.358 e. The van der Waals surface area contributed by atoms with E-state index in [1.807, 2.05) is 108 Å². The molecule has 0 amide bonds. The molecule has 0 unspecified atom stereocenters. The Labute approximate surface area is 670 Å². The van der Waals surface area contributed by atoms with E-state index in [4.69, 9.17) is 0 Å². The molecule has 11 nitrogen and oxygen atoms in total. The van der Waals surface area contributed by atoms with Gasteiger partial charge in [-0.2, -0.15) is 0 Å². The summed E-state index contributed by atoms with van der Waals surface area (Å²) in [6.45, 7) is 39.4. The molecule has 0 spiro atoms. The Hall–Kier alpha value is -12.0. The second kappa shape index (κ2) is 40.8. The lowest BCUT2D eigenvalue weighted by molar-refractivity contribution is 0.830. The number of aromatic nitrogens is 11. The van der Waals surface area contributed by atoms with E-state index in [9.17, 15) is 0 Å². The maximum atomic E-state index is 4.57. The number of hydrogen-bond acceptors (Lipinski definition) is 7. The maximum absolute atomic E-state index is 4.57. The fourth-order valence-corrected chi connectivity index (χ4v) is 12.8. The maximum Gasteiger partial charge on any atom is 0.233 e. The summed E-state index contributed by atoms with van der Waals surface area (Å²) in [5.41, 5.74) is 19.5. The number of benzene rings is 7. The van der Waals surface area contributed by atoms with Crippen LogP contribution in [0.1, 0.15) is 228 Å². The van der Waals surface area contributed by atoms with Crippen molar-refractivity contribution in [1.82, 2.24) is 53.1 Å². The summed E-state index contributed by atoms with van der Waals surface area (Å²) in [4.78, 5) is 34.0. The molecule has 1 N–H and O–H groups in total. The topological polar surface area (TPSA) is 119 Å². The lowest BCUT2D eigenvalue weighted by atomic mass is 9.96. The SMILES string of the molecule is CC(C)c1cc2ccccc2[nH]1.CC(C)c1cc2ccccn2c1.CC(C)c1ccc2ccccc2n1.CC(C)c1ccc2ncccc2c1.CC(C)c1cccc2ccccc12.CC(C)c1cccc2cccnc12.CC(C)c1cn2ccccc2n1.CC(C)c1cn2cccnc2n1.CC(C)c1cnc2ccccc2c1. The second-order valence-electron chi connectivity index (χ2n) is 31.5. The molecular weight excluding hydrogens is 1380 g/mol. The molecule has 0 radical (unpaired) electrons. The average molecular weight is 1500 g/mol. The molecule has 0 fully saturated rings. The van der Waals surface area contributed by atoms with Crippen molar-refractivity contribution in [1.29, 1.82) is 0 Å². The lowest BCUT2D eigenvalue weighted by Crippen LogP contribution is -1.91. The van der Waals surface area contributed by atoms with E-state index < -0.39 is 0 Å². The predicted molar refractivity (Wildman–Crippen MR) is 482 cm³/mol. The minimum absolute atomic E-state index is 0.465. The van der Waals surface area contributed by atoms with Crippen molar-refractivity contribution in [3.05, 3.63) is 361 Å². The van der Waals surface area contributed by atoms with Gasteiger partial charge < -0.3 is 13.8 Å². The highest BCUT2D eigenvalue weighted by molar-refractivity contribution is 5.86. The molecule has 7 aromatic carbocycles. The van der Waals surface area contributed by atoms with E-state index in [1.54, 1.807) is 6.20 Å². The van der Waals surface area contributed by atoms with E-state index in [1.165, 1.54) is 87.9 Å². The molecule has 0 saturated carbocycles. The van der Waals surface area contributed by atoms with Crippen LogP contribution in [-0.4, -0.2) is 53.1 Å². The third kappa shape index (κ3) is 23.6. The third-order valence-corrected chi connectivity index (χ3v) is 19.7. The number of nitrogens with one attached hydrogen (secondary N) is 1. The zero-order valence-electron chi connectivity index (χ0n) is 69.6. The summed E-state index contributed by atoms with van der Waals surface area (Å²) < 4.78 is 6.15. The standard InChI is InChI=1S/C13H14.4C12H13N.2C11H13N.C10H12N2.C9H11N3/c1-10(2)12-9-5-7-11-6-3-4-8-13(11)12;1-9(2)11-7-3-5-10-6-4-8-13-12(10)11;1-9(2)10-5-6-12-11(8-10)4-3-7-13-12;1-9(2)11-7-10-5-3-4-6-12(10)13-8-11;1-9(2)11-8-7-10-5-3-4-6-12(10)13-11;1-9(2)10-7-11-5-3-4-6-12(11)8-10;1-8(2)11-7-9-5-3-4-6-10(9)12-11;1-8(2)9-7-12-6-4-3-5-10(12)11-9;1-7(2)8-6-12-5-3-4-10-9(12)11-8/h3-10H,1-2H3;4*3-9H,1-2H3;3-9H,1-2H3;3-8,12H,1-2H3;3-8H,1-2H3;3-7H,1-2H3. The van der Waals surface area contributed by atoms with Gasteiger partial charge in [0.25, 0.3) is 0 Å². The van der Waals surface area contributed by atoms with Crippen molar-refractivity contribution in [2.24, 2.45) is 0 Å². The Morgan fingerprint density at radius 1 is 0.283 bits per heavy atom. The monoisotopic (exact) mass is 1490 g/mol. The molecule has 0 aliphatic rings. The Morgan fingerprint density at radius 2 is 0.814 bits per heavy atom. The van der Waals surface area contributed by atoms with Gasteiger partial charge in [-0.25, -0.2) is 15.0 Å². The molecule has 0 saturated heterocycles. The summed E-state index contributed by atoms with van der Waals surface area (Å²) in [6, 6.07) is 86.0. The number of pyridine rings is 6. The molecule has 18 aromatic rings. The zero-order chi connectivity index (χ0) is 80.5. The van der Waals surface area contributed by atoms with Crippen molar-refractivity contribution in [3.8, 4) is 0 Å². The van der Waals surface area contributed by atoms with Gasteiger partial charge in [-0.1, -0.05) is 276 Å². The number of hydrogen-bond donors (Lipinski definition) is 1. The van der Waals surface area contributed by atoms with Crippen LogP contribution in [0.15, 0.2) is 311 Å². The van der Waals surface area contributed by atoms with Gasteiger partial charge in [0.2, 0.25) is 5.78 Å². The molecule has 578 valence electrons. The van der Waals surface area contributed by atoms with E-state index in [0.29, 0.717) is 53.3 Å². The summed E-state index contributed by atoms with van der Waals surface area (Å²) in [6.07, 6.45) is 19.8. The van der Waals surface area contributed by atoms with E-state index in [0.717, 1.165) is 44.9 Å². The molecule has 0 bridgehead atoms. The van der Waals surface area contributed by atoms with Gasteiger partial charge in [-0.3, -0.25) is 24.3 Å². The molecule has 11 heterocycles. The van der Waals surface area contributed by atoms with Gasteiger partial charge in [0.1, 0.15) is 5.65 Å². The number of H-pyrrole nitrogens is 1. The number of para-hydroxylation sites is 4. The first-order chi connectivity index (χ1) is 54.5. The van der Waals surface area contributed by atoms with Crippen molar-refractivity contribution in [3.63, 3.8) is 0 Å². The Balaban J connectivity index is 0.000000135. The highest BCUT2D eigenvalue weighted by Gasteiger charge is 2.10. The van der Waals surface area contributed by atoms with Crippen LogP contribution in [0.25, 0.3) is 82.2 Å². The normalized spacial score (nSPS) is 11.1. The van der Waals surface area contributed by atoms with Gasteiger partial charge in [0, 0.05) is 106 Å². The summed E-state index contributed by atoms with van der Waals surface area (Å²) in [5, 5.41) is 8.94. The predicted octanol–water partition coefficient (Wildman–Crippen LogP) is 28.1. The summed E-state index contributed by atoms with van der Waals surface area (Å²) in [5.74, 6) is 5.73. The van der Waals surface area contributed by atoms with Gasteiger partial charge in [0.15, 0.2) is 0 Å². The highest BCUT2D eigenvalue weighted by atomic mass is 15.1. The van der Waals surface area contributed by atoms with Crippen molar-refractivity contribution in [2.45, 2.75) is 178 Å². The first-order valence-electron chi connectivity index (χ1n) is 40.2. The fourth-order valence-electron chi connectivity index (χ4n) is 12.8. The number of fused-ring (bicyclic) bond motifs is 9. The van der Waals surface area contributed by atoms with Crippen LogP contribution >= 0.6 is 0 Å². The largest absolute Gasteiger partial charge is 0.358 e.